The lowest BCUT2D eigenvalue weighted by molar-refractivity contribution is -0.128. The van der Waals surface area contributed by atoms with E-state index >= 15 is 0 Å². The van der Waals surface area contributed by atoms with E-state index in [1.54, 1.807) is 11.0 Å². The largest absolute Gasteiger partial charge is 0.458 e. The summed E-state index contributed by atoms with van der Waals surface area (Å²) in [4.78, 5) is 29.5. The molecule has 0 radical (unpaired) electrons. The number of nitrogens with one attached hydrogen (secondary N) is 1. The van der Waals surface area contributed by atoms with Gasteiger partial charge in [-0.2, -0.15) is 4.80 Å². The average molecular weight is 453 g/mol. The summed E-state index contributed by atoms with van der Waals surface area (Å²) < 4.78 is 5.54. The minimum atomic E-state index is -0.686. The Morgan fingerprint density at radius 3 is 2.45 bits per heavy atom. The molecule has 2 heterocycles. The summed E-state index contributed by atoms with van der Waals surface area (Å²) in [5.41, 5.74) is 2.24. The van der Waals surface area contributed by atoms with Crippen molar-refractivity contribution >= 4 is 17.5 Å². The smallest absolute Gasteiger partial charge is 0.251 e. The highest BCUT2D eigenvalue weighted by Gasteiger charge is 2.33. The van der Waals surface area contributed by atoms with Crippen molar-refractivity contribution < 1.29 is 14.0 Å². The molecule has 9 heteroatoms. The number of rotatable bonds is 7. The lowest BCUT2D eigenvalue weighted by atomic mass is 10.0. The van der Waals surface area contributed by atoms with E-state index in [2.05, 4.69) is 20.7 Å². The molecule has 9 nitrogen and oxygen atoms in total. The molecular weight excluding hydrogens is 420 g/mol. The molecule has 0 aliphatic heterocycles. The zero-order valence-electron chi connectivity index (χ0n) is 20.3. The molecule has 0 saturated heterocycles. The molecule has 1 atom stereocenters. The number of hydrogen-bond donors (Lipinski definition) is 1. The number of aromatic nitrogens is 4. The first kappa shape index (κ1) is 24.2. The van der Waals surface area contributed by atoms with Crippen LogP contribution in [-0.4, -0.2) is 43.6 Å². The fourth-order valence-corrected chi connectivity index (χ4v) is 3.65. The molecule has 3 aromatic rings. The van der Waals surface area contributed by atoms with E-state index in [4.69, 9.17) is 4.42 Å². The third-order valence-electron chi connectivity index (χ3n) is 5.07. The minimum Gasteiger partial charge on any atom is -0.458 e. The molecule has 0 spiro atoms. The van der Waals surface area contributed by atoms with Gasteiger partial charge in [0.1, 0.15) is 18.3 Å². The van der Waals surface area contributed by atoms with E-state index in [0.29, 0.717) is 23.7 Å². The monoisotopic (exact) mass is 452 g/mol. The number of amides is 2. The number of hydrogen-bond acceptors (Lipinski definition) is 6. The number of carbonyl (C=O) groups is 2. The molecular formula is C24H32N6O3. The van der Waals surface area contributed by atoms with Crippen LogP contribution in [0.5, 0.6) is 0 Å². The predicted molar refractivity (Wildman–Crippen MR) is 126 cm³/mol. The zero-order chi connectivity index (χ0) is 24.3. The molecule has 2 amide bonds. The van der Waals surface area contributed by atoms with Crippen molar-refractivity contribution in [2.75, 3.05) is 4.90 Å². The quantitative estimate of drug-likeness (QED) is 0.587. The van der Waals surface area contributed by atoms with E-state index in [-0.39, 0.29) is 18.4 Å². The van der Waals surface area contributed by atoms with Gasteiger partial charge in [-0.3, -0.25) is 14.5 Å². The van der Waals surface area contributed by atoms with Crippen LogP contribution in [0.3, 0.4) is 0 Å². The van der Waals surface area contributed by atoms with Crippen LogP contribution < -0.4 is 10.2 Å². The van der Waals surface area contributed by atoms with E-state index in [0.717, 1.165) is 16.9 Å². The topological polar surface area (TPSA) is 106 Å². The van der Waals surface area contributed by atoms with Gasteiger partial charge in [0.25, 0.3) is 5.91 Å². The van der Waals surface area contributed by atoms with Gasteiger partial charge >= 0.3 is 0 Å². The summed E-state index contributed by atoms with van der Waals surface area (Å²) in [5.74, 6) is 0.989. The Morgan fingerprint density at radius 2 is 1.88 bits per heavy atom. The SMILES string of the molecule is CCC(C(=O)NC(C)(C)C)N(C(=O)Cn1nnc(-c2ccc(C)o2)n1)c1ccc(C)cc1C. The first-order valence-corrected chi connectivity index (χ1v) is 11.0. The molecule has 2 aromatic heterocycles. The second-order valence-corrected chi connectivity index (χ2v) is 9.27. The molecule has 0 aliphatic carbocycles. The average Bonchev–Trinajstić information content (AvgIpc) is 3.34. The van der Waals surface area contributed by atoms with Crippen molar-refractivity contribution in [2.45, 2.75) is 73.0 Å². The number of aryl methyl sites for hydroxylation is 3. The zero-order valence-corrected chi connectivity index (χ0v) is 20.3. The summed E-state index contributed by atoms with van der Waals surface area (Å²) in [5, 5.41) is 15.3. The summed E-state index contributed by atoms with van der Waals surface area (Å²) in [6, 6.07) is 8.68. The third-order valence-corrected chi connectivity index (χ3v) is 5.07. The Morgan fingerprint density at radius 1 is 1.15 bits per heavy atom. The first-order chi connectivity index (χ1) is 15.5. The summed E-state index contributed by atoms with van der Waals surface area (Å²) in [6.07, 6.45) is 0.447. The highest BCUT2D eigenvalue weighted by atomic mass is 16.3. The van der Waals surface area contributed by atoms with Crippen LogP contribution in [0.1, 0.15) is 51.0 Å². The van der Waals surface area contributed by atoms with Crippen molar-refractivity contribution in [3.05, 3.63) is 47.2 Å². The molecule has 0 fully saturated rings. The number of furan rings is 1. The van der Waals surface area contributed by atoms with Gasteiger partial charge < -0.3 is 9.73 Å². The van der Waals surface area contributed by atoms with Crippen LogP contribution in [0.15, 0.2) is 34.7 Å². The number of tetrazole rings is 1. The maximum atomic E-state index is 13.6. The summed E-state index contributed by atoms with van der Waals surface area (Å²) in [7, 11) is 0. The van der Waals surface area contributed by atoms with Gasteiger partial charge in [-0.05, 0) is 76.9 Å². The first-order valence-electron chi connectivity index (χ1n) is 11.0. The van der Waals surface area contributed by atoms with Crippen LogP contribution in [0.2, 0.25) is 0 Å². The van der Waals surface area contributed by atoms with Crippen LogP contribution in [-0.2, 0) is 16.1 Å². The minimum absolute atomic E-state index is 0.167. The van der Waals surface area contributed by atoms with Crippen LogP contribution >= 0.6 is 0 Å². The van der Waals surface area contributed by atoms with Crippen molar-refractivity contribution in [3.63, 3.8) is 0 Å². The van der Waals surface area contributed by atoms with Crippen LogP contribution in [0.25, 0.3) is 11.6 Å². The highest BCUT2D eigenvalue weighted by Crippen LogP contribution is 2.26. The van der Waals surface area contributed by atoms with Gasteiger partial charge in [-0.1, -0.05) is 24.6 Å². The normalized spacial score (nSPS) is 12.5. The van der Waals surface area contributed by atoms with Crippen molar-refractivity contribution in [1.82, 2.24) is 25.5 Å². The number of nitrogens with zero attached hydrogens (tertiary/aromatic N) is 5. The Hall–Kier alpha value is -3.49. The lowest BCUT2D eigenvalue weighted by Crippen LogP contribution is -2.54. The molecule has 1 unspecified atom stereocenters. The Kier molecular flexibility index (Phi) is 7.00. The molecule has 176 valence electrons. The summed E-state index contributed by atoms with van der Waals surface area (Å²) >= 11 is 0. The lowest BCUT2D eigenvalue weighted by Gasteiger charge is -2.33. The fraction of sp³-hybridized carbons (Fsp3) is 0.458. The highest BCUT2D eigenvalue weighted by molar-refractivity contribution is 6.01. The molecule has 1 aromatic carbocycles. The molecule has 1 N–H and O–H groups in total. The van der Waals surface area contributed by atoms with Crippen molar-refractivity contribution in [1.29, 1.82) is 0 Å². The number of carbonyl (C=O) groups excluding carboxylic acids is 2. The standard InChI is InChI=1S/C24H32N6O3/c1-8-18(23(32)25-24(5,6)7)30(19-11-9-15(2)13-16(19)3)21(31)14-29-27-22(26-28-29)20-12-10-17(4)33-20/h9-13,18H,8,14H2,1-7H3,(H,25,32). The van der Waals surface area contributed by atoms with E-state index in [1.807, 2.05) is 72.7 Å². The molecule has 33 heavy (non-hydrogen) atoms. The summed E-state index contributed by atoms with van der Waals surface area (Å²) in [6.45, 7) is 13.2. The van der Waals surface area contributed by atoms with Gasteiger partial charge in [0, 0.05) is 11.2 Å². The van der Waals surface area contributed by atoms with E-state index < -0.39 is 11.6 Å². The second kappa shape index (κ2) is 9.56. The van der Waals surface area contributed by atoms with Gasteiger partial charge in [0.05, 0.1) is 0 Å². The molecule has 0 saturated carbocycles. The Balaban J connectivity index is 1.93. The fourth-order valence-electron chi connectivity index (χ4n) is 3.65. The second-order valence-electron chi connectivity index (χ2n) is 9.27. The maximum absolute atomic E-state index is 13.6. The molecule has 0 bridgehead atoms. The molecule has 3 rings (SSSR count). The Labute approximate surface area is 194 Å². The van der Waals surface area contributed by atoms with Gasteiger partial charge in [0.2, 0.25) is 11.7 Å². The van der Waals surface area contributed by atoms with Gasteiger partial charge in [-0.15, -0.1) is 10.2 Å². The van der Waals surface area contributed by atoms with Crippen molar-refractivity contribution in [3.8, 4) is 11.6 Å². The number of anilines is 1. The molecule has 0 aliphatic rings. The van der Waals surface area contributed by atoms with Crippen LogP contribution in [0, 0.1) is 20.8 Å². The number of benzene rings is 1. The predicted octanol–water partition coefficient (Wildman–Crippen LogP) is 3.58. The third kappa shape index (κ3) is 5.85. The van der Waals surface area contributed by atoms with Gasteiger partial charge in [0.15, 0.2) is 5.76 Å². The van der Waals surface area contributed by atoms with E-state index in [1.165, 1.54) is 4.80 Å². The van der Waals surface area contributed by atoms with Gasteiger partial charge in [-0.25, -0.2) is 0 Å². The maximum Gasteiger partial charge on any atom is 0.251 e. The van der Waals surface area contributed by atoms with Crippen molar-refractivity contribution in [2.24, 2.45) is 0 Å². The van der Waals surface area contributed by atoms with Crippen LogP contribution in [0.4, 0.5) is 5.69 Å². The Bertz CT molecular complexity index is 1140. The van der Waals surface area contributed by atoms with E-state index in [9.17, 15) is 9.59 Å².